The van der Waals surface area contributed by atoms with Gasteiger partial charge in [0.05, 0.1) is 17.5 Å². The molecule has 0 amide bonds. The van der Waals surface area contributed by atoms with Gasteiger partial charge in [0.2, 0.25) is 10.0 Å². The lowest BCUT2D eigenvalue weighted by molar-refractivity contribution is 0.400. The Morgan fingerprint density at radius 1 is 1.17 bits per heavy atom. The van der Waals surface area contributed by atoms with Crippen LogP contribution < -0.4 is 4.72 Å². The summed E-state index contributed by atoms with van der Waals surface area (Å²) in [4.78, 5) is 3.32. The molecule has 0 saturated heterocycles. The molecule has 1 atom stereocenters. The first-order chi connectivity index (χ1) is 13.8. The second kappa shape index (κ2) is 7.48. The highest BCUT2D eigenvalue weighted by Gasteiger charge is 2.48. The molecular weight excluding hydrogens is 387 g/mol. The summed E-state index contributed by atoms with van der Waals surface area (Å²) >= 11 is 0. The molecule has 1 aromatic heterocycles. The van der Waals surface area contributed by atoms with Gasteiger partial charge in [0.15, 0.2) is 0 Å². The maximum Gasteiger partial charge on any atom is 0.229 e. The van der Waals surface area contributed by atoms with E-state index in [1.54, 1.807) is 18.2 Å². The molecule has 1 saturated carbocycles. The highest BCUT2D eigenvalue weighted by Crippen LogP contribution is 2.55. The number of hydrogen-bond donors (Lipinski definition) is 2. The zero-order valence-corrected chi connectivity index (χ0v) is 17.7. The third kappa shape index (κ3) is 3.78. The average Bonchev–Trinajstić information content (AvgIpc) is 3.43. The van der Waals surface area contributed by atoms with Crippen molar-refractivity contribution in [3.63, 3.8) is 0 Å². The Bertz CT molecular complexity index is 1120. The van der Waals surface area contributed by atoms with Crippen LogP contribution >= 0.6 is 0 Å². The fraction of sp³-hybridized carbons (Fsp3) is 0.391. The fourth-order valence-corrected chi connectivity index (χ4v) is 5.25. The minimum atomic E-state index is -3.38. The van der Waals surface area contributed by atoms with E-state index in [0.717, 1.165) is 54.8 Å². The van der Waals surface area contributed by atoms with Crippen LogP contribution in [0.5, 0.6) is 0 Å². The molecule has 1 fully saturated rings. The van der Waals surface area contributed by atoms with Gasteiger partial charge in [-0.15, -0.1) is 0 Å². The molecule has 29 heavy (non-hydrogen) atoms. The molecule has 4 nitrogen and oxygen atoms in total. The molecule has 2 N–H and O–H groups in total. The Hall–Kier alpha value is -2.34. The van der Waals surface area contributed by atoms with E-state index in [-0.39, 0.29) is 11.2 Å². The van der Waals surface area contributed by atoms with Crippen molar-refractivity contribution in [1.29, 1.82) is 0 Å². The lowest BCUT2D eigenvalue weighted by Crippen LogP contribution is -2.30. The smallest absolute Gasteiger partial charge is 0.229 e. The summed E-state index contributed by atoms with van der Waals surface area (Å²) < 4.78 is 39.9. The summed E-state index contributed by atoms with van der Waals surface area (Å²) in [6.07, 6.45) is 8.61. The number of rotatable bonds is 8. The summed E-state index contributed by atoms with van der Waals surface area (Å²) in [7, 11) is -3.38. The van der Waals surface area contributed by atoms with Crippen LogP contribution in [0.1, 0.15) is 50.2 Å². The molecule has 1 heterocycles. The van der Waals surface area contributed by atoms with Crippen LogP contribution in [0.15, 0.2) is 48.7 Å². The van der Waals surface area contributed by atoms with Gasteiger partial charge in [-0.2, -0.15) is 0 Å². The van der Waals surface area contributed by atoms with Crippen LogP contribution in [0.3, 0.4) is 0 Å². The van der Waals surface area contributed by atoms with Crippen molar-refractivity contribution >= 4 is 26.6 Å². The zero-order valence-electron chi connectivity index (χ0n) is 16.8. The first-order valence-corrected chi connectivity index (χ1v) is 12.1. The SMILES string of the molecule is CCCCC(c1ccc(F)cc1)(c1c[nH]c2c(NS(C)(=O)=O)cccc12)C1CC1. The van der Waals surface area contributed by atoms with Crippen molar-refractivity contribution in [2.45, 2.75) is 44.4 Å². The van der Waals surface area contributed by atoms with Crippen molar-refractivity contribution in [3.05, 3.63) is 65.6 Å². The van der Waals surface area contributed by atoms with Gasteiger partial charge >= 0.3 is 0 Å². The van der Waals surface area contributed by atoms with Crippen LogP contribution in [-0.4, -0.2) is 19.7 Å². The molecule has 2 aromatic carbocycles. The highest BCUT2D eigenvalue weighted by atomic mass is 32.2. The maximum absolute atomic E-state index is 13.7. The van der Waals surface area contributed by atoms with Crippen LogP contribution in [0.25, 0.3) is 10.9 Å². The summed E-state index contributed by atoms with van der Waals surface area (Å²) in [5.41, 5.74) is 3.45. The standard InChI is InChI=1S/C23H27FN2O2S/c1-3-4-14-23(16-8-9-16,17-10-12-18(24)13-11-17)20-15-25-22-19(20)6-5-7-21(22)26-29(2,27)28/h5-7,10-13,15-16,25-26H,3-4,8-9,14H2,1-2H3. The third-order valence-corrected chi connectivity index (χ3v) is 6.64. The number of sulfonamides is 1. The van der Waals surface area contributed by atoms with E-state index in [1.807, 2.05) is 30.5 Å². The first kappa shape index (κ1) is 20.0. The monoisotopic (exact) mass is 414 g/mol. The van der Waals surface area contributed by atoms with Crippen molar-refractivity contribution in [2.24, 2.45) is 5.92 Å². The number of hydrogen-bond acceptors (Lipinski definition) is 2. The molecule has 0 spiro atoms. The normalized spacial score (nSPS) is 16.7. The number of fused-ring (bicyclic) bond motifs is 1. The van der Waals surface area contributed by atoms with Gasteiger partial charge in [0.1, 0.15) is 5.82 Å². The Morgan fingerprint density at radius 3 is 2.52 bits per heavy atom. The number of unbranched alkanes of at least 4 members (excludes halogenated alkanes) is 1. The minimum Gasteiger partial charge on any atom is -0.359 e. The predicted octanol–water partition coefficient (Wildman–Crippen LogP) is 5.56. The summed E-state index contributed by atoms with van der Waals surface area (Å²) in [5.74, 6) is 0.275. The molecule has 1 aliphatic rings. The zero-order chi connectivity index (χ0) is 20.6. The van der Waals surface area contributed by atoms with Crippen LogP contribution in [0, 0.1) is 11.7 Å². The Balaban J connectivity index is 1.92. The van der Waals surface area contributed by atoms with E-state index in [0.29, 0.717) is 11.6 Å². The number of para-hydroxylation sites is 1. The molecule has 3 aromatic rings. The van der Waals surface area contributed by atoms with Crippen LogP contribution in [-0.2, 0) is 15.4 Å². The van der Waals surface area contributed by atoms with Gasteiger partial charge in [-0.05, 0) is 54.5 Å². The third-order valence-electron chi connectivity index (χ3n) is 6.05. The van der Waals surface area contributed by atoms with Crippen LogP contribution in [0.4, 0.5) is 10.1 Å². The topological polar surface area (TPSA) is 62.0 Å². The summed E-state index contributed by atoms with van der Waals surface area (Å²) in [5, 5.41) is 1.02. The van der Waals surface area contributed by atoms with Gasteiger partial charge < -0.3 is 4.98 Å². The number of nitrogens with one attached hydrogen (secondary N) is 2. The number of aromatic amines is 1. The highest BCUT2D eigenvalue weighted by molar-refractivity contribution is 7.92. The van der Waals surface area contributed by atoms with Gasteiger partial charge in [-0.25, -0.2) is 12.8 Å². The molecular formula is C23H27FN2O2S. The van der Waals surface area contributed by atoms with Crippen molar-refractivity contribution < 1.29 is 12.8 Å². The van der Waals surface area contributed by atoms with Crippen LogP contribution in [0.2, 0.25) is 0 Å². The van der Waals surface area contributed by atoms with Crippen molar-refractivity contribution in [2.75, 3.05) is 11.0 Å². The number of benzene rings is 2. The van der Waals surface area contributed by atoms with Gasteiger partial charge in [-0.3, -0.25) is 4.72 Å². The quantitative estimate of drug-likeness (QED) is 0.506. The summed E-state index contributed by atoms with van der Waals surface area (Å²) in [6.45, 7) is 2.19. The Kier molecular flexibility index (Phi) is 5.15. The Morgan fingerprint density at radius 2 is 1.90 bits per heavy atom. The largest absolute Gasteiger partial charge is 0.359 e. The average molecular weight is 415 g/mol. The second-order valence-electron chi connectivity index (χ2n) is 8.16. The second-order valence-corrected chi connectivity index (χ2v) is 9.91. The van der Waals surface area contributed by atoms with Gasteiger partial charge in [-0.1, -0.05) is 44.0 Å². The van der Waals surface area contributed by atoms with E-state index in [9.17, 15) is 12.8 Å². The summed E-state index contributed by atoms with van der Waals surface area (Å²) in [6, 6.07) is 12.6. The molecule has 154 valence electrons. The molecule has 1 unspecified atom stereocenters. The molecule has 0 radical (unpaired) electrons. The van der Waals surface area contributed by atoms with Crippen molar-refractivity contribution in [1.82, 2.24) is 4.98 Å². The lowest BCUT2D eigenvalue weighted by atomic mass is 9.67. The number of halogens is 1. The molecule has 0 aliphatic heterocycles. The number of H-pyrrole nitrogens is 1. The molecule has 1 aliphatic carbocycles. The molecule has 0 bridgehead atoms. The molecule has 6 heteroatoms. The lowest BCUT2D eigenvalue weighted by Gasteiger charge is -2.35. The van der Waals surface area contributed by atoms with E-state index < -0.39 is 10.0 Å². The minimum absolute atomic E-state index is 0.203. The maximum atomic E-state index is 13.7. The number of aromatic nitrogens is 1. The van der Waals surface area contributed by atoms with E-state index in [1.165, 1.54) is 5.56 Å². The van der Waals surface area contributed by atoms with Gasteiger partial charge in [0.25, 0.3) is 0 Å². The predicted molar refractivity (Wildman–Crippen MR) is 116 cm³/mol. The Labute approximate surface area is 171 Å². The number of anilines is 1. The van der Waals surface area contributed by atoms with E-state index in [4.69, 9.17) is 0 Å². The van der Waals surface area contributed by atoms with E-state index >= 15 is 0 Å². The molecule has 4 rings (SSSR count). The van der Waals surface area contributed by atoms with E-state index in [2.05, 4.69) is 16.6 Å². The van der Waals surface area contributed by atoms with Crippen molar-refractivity contribution in [3.8, 4) is 0 Å². The first-order valence-electron chi connectivity index (χ1n) is 10.2. The van der Waals surface area contributed by atoms with Gasteiger partial charge in [0, 0.05) is 17.0 Å². The fourth-order valence-electron chi connectivity index (χ4n) is 4.68.